The van der Waals surface area contributed by atoms with Gasteiger partial charge in [-0.15, -0.1) is 0 Å². The van der Waals surface area contributed by atoms with E-state index in [1.54, 1.807) is 0 Å². The van der Waals surface area contributed by atoms with E-state index < -0.39 is 0 Å². The lowest BCUT2D eigenvalue weighted by molar-refractivity contribution is -0.232. The van der Waals surface area contributed by atoms with E-state index in [4.69, 9.17) is 9.47 Å². The standard InChI is InChI=1S/C12H15NO2/c1-13-10-7-14-11-6-8-4-2-3-5-9(8)12(10)15-11/h2-5,10-13H,6-7H2,1H3/t10-,11+,12-/m1/s1. The van der Waals surface area contributed by atoms with Crippen molar-refractivity contribution < 1.29 is 9.47 Å². The predicted octanol–water partition coefficient (Wildman–Crippen LogP) is 1.24. The van der Waals surface area contributed by atoms with Gasteiger partial charge in [-0.1, -0.05) is 24.3 Å². The van der Waals surface area contributed by atoms with Gasteiger partial charge in [-0.3, -0.25) is 0 Å². The first-order chi connectivity index (χ1) is 7.38. The molecule has 3 heteroatoms. The summed E-state index contributed by atoms with van der Waals surface area (Å²) in [5.41, 5.74) is 2.68. The minimum atomic E-state index is -0.0468. The minimum Gasteiger partial charge on any atom is -0.351 e. The van der Waals surface area contributed by atoms with E-state index in [-0.39, 0.29) is 18.4 Å². The number of nitrogens with one attached hydrogen (secondary N) is 1. The lowest BCUT2D eigenvalue weighted by Crippen LogP contribution is -2.48. The molecular weight excluding hydrogens is 190 g/mol. The van der Waals surface area contributed by atoms with Crippen molar-refractivity contribution in [3.05, 3.63) is 35.4 Å². The fraction of sp³-hybridized carbons (Fsp3) is 0.500. The third-order valence-electron chi connectivity index (χ3n) is 3.24. The predicted molar refractivity (Wildman–Crippen MR) is 56.6 cm³/mol. The molecule has 0 radical (unpaired) electrons. The van der Waals surface area contributed by atoms with Crippen molar-refractivity contribution in [3.63, 3.8) is 0 Å². The molecule has 0 aliphatic carbocycles. The molecule has 0 amide bonds. The summed E-state index contributed by atoms with van der Waals surface area (Å²) >= 11 is 0. The van der Waals surface area contributed by atoms with E-state index in [2.05, 4.69) is 29.6 Å². The van der Waals surface area contributed by atoms with Crippen molar-refractivity contribution in [1.82, 2.24) is 5.32 Å². The zero-order valence-corrected chi connectivity index (χ0v) is 8.77. The molecule has 2 aliphatic heterocycles. The van der Waals surface area contributed by atoms with Crippen molar-refractivity contribution in [2.24, 2.45) is 0 Å². The molecule has 3 nitrogen and oxygen atoms in total. The van der Waals surface area contributed by atoms with Crippen LogP contribution in [0.3, 0.4) is 0 Å². The average Bonchev–Trinajstić information content (AvgIpc) is 2.30. The Hall–Kier alpha value is -0.900. The molecule has 2 aliphatic rings. The fourth-order valence-electron chi connectivity index (χ4n) is 2.41. The van der Waals surface area contributed by atoms with Crippen LogP contribution in [-0.4, -0.2) is 26.0 Å². The van der Waals surface area contributed by atoms with Crippen LogP contribution >= 0.6 is 0 Å². The maximum Gasteiger partial charge on any atom is 0.162 e. The van der Waals surface area contributed by atoms with E-state index >= 15 is 0 Å². The van der Waals surface area contributed by atoms with Crippen molar-refractivity contribution in [3.8, 4) is 0 Å². The second-order valence-electron chi connectivity index (χ2n) is 4.12. The normalized spacial score (nSPS) is 33.5. The van der Waals surface area contributed by atoms with Gasteiger partial charge < -0.3 is 14.8 Å². The van der Waals surface area contributed by atoms with Crippen molar-refractivity contribution in [2.75, 3.05) is 13.7 Å². The first kappa shape index (κ1) is 9.33. The minimum absolute atomic E-state index is 0.0468. The smallest absolute Gasteiger partial charge is 0.162 e. The van der Waals surface area contributed by atoms with Crippen LogP contribution < -0.4 is 5.32 Å². The number of ether oxygens (including phenoxy) is 2. The fourth-order valence-corrected chi connectivity index (χ4v) is 2.41. The Kier molecular flexibility index (Phi) is 2.24. The molecule has 0 aromatic heterocycles. The van der Waals surface area contributed by atoms with Gasteiger partial charge >= 0.3 is 0 Å². The molecule has 1 aromatic rings. The summed E-state index contributed by atoms with van der Waals surface area (Å²) in [6, 6.07) is 8.74. The largest absolute Gasteiger partial charge is 0.351 e. The number of hydrogen-bond donors (Lipinski definition) is 1. The summed E-state index contributed by atoms with van der Waals surface area (Å²) in [4.78, 5) is 0. The first-order valence-corrected chi connectivity index (χ1v) is 5.40. The number of benzene rings is 1. The quantitative estimate of drug-likeness (QED) is 0.748. The summed E-state index contributed by atoms with van der Waals surface area (Å²) in [5, 5.41) is 3.25. The SMILES string of the molecule is CN[C@@H]1CO[C@@H]2Cc3ccccc3[C@H]1O2. The van der Waals surface area contributed by atoms with Crippen LogP contribution in [-0.2, 0) is 15.9 Å². The van der Waals surface area contributed by atoms with Crippen molar-refractivity contribution in [2.45, 2.75) is 24.9 Å². The Morgan fingerprint density at radius 3 is 3.07 bits per heavy atom. The van der Waals surface area contributed by atoms with E-state index in [0.29, 0.717) is 0 Å². The zero-order chi connectivity index (χ0) is 10.3. The molecule has 2 bridgehead atoms. The zero-order valence-electron chi connectivity index (χ0n) is 8.77. The van der Waals surface area contributed by atoms with E-state index in [1.807, 2.05) is 7.05 Å². The summed E-state index contributed by atoms with van der Waals surface area (Å²) in [6.07, 6.45) is 0.983. The maximum atomic E-state index is 5.87. The molecule has 3 rings (SSSR count). The van der Waals surface area contributed by atoms with E-state index in [9.17, 15) is 0 Å². The molecule has 80 valence electrons. The Balaban J connectivity index is 2.01. The van der Waals surface area contributed by atoms with E-state index in [0.717, 1.165) is 13.0 Å². The highest BCUT2D eigenvalue weighted by atomic mass is 16.7. The molecular formula is C12H15NO2. The van der Waals surface area contributed by atoms with Crippen LogP contribution in [0.1, 0.15) is 17.2 Å². The average molecular weight is 205 g/mol. The van der Waals surface area contributed by atoms with Gasteiger partial charge in [0, 0.05) is 6.42 Å². The Labute approximate surface area is 89.4 Å². The van der Waals surface area contributed by atoms with Gasteiger partial charge in [-0.25, -0.2) is 0 Å². The van der Waals surface area contributed by atoms with Gasteiger partial charge in [0.1, 0.15) is 6.10 Å². The van der Waals surface area contributed by atoms with Gasteiger partial charge in [0.15, 0.2) is 6.29 Å². The highest BCUT2D eigenvalue weighted by Crippen LogP contribution is 2.36. The van der Waals surface area contributed by atoms with Crippen LogP contribution in [0.4, 0.5) is 0 Å². The Morgan fingerprint density at radius 2 is 2.20 bits per heavy atom. The molecule has 1 fully saturated rings. The Bertz CT molecular complexity index is 366. The summed E-state index contributed by atoms with van der Waals surface area (Å²) < 4.78 is 11.5. The lowest BCUT2D eigenvalue weighted by atomic mass is 9.91. The molecule has 1 saturated heterocycles. The lowest BCUT2D eigenvalue weighted by Gasteiger charge is -2.41. The Morgan fingerprint density at radius 1 is 1.33 bits per heavy atom. The number of hydrogen-bond acceptors (Lipinski definition) is 3. The highest BCUT2D eigenvalue weighted by molar-refractivity contribution is 5.32. The van der Waals surface area contributed by atoms with E-state index in [1.165, 1.54) is 11.1 Å². The number of likely N-dealkylation sites (N-methyl/N-ethyl adjacent to an activating group) is 1. The van der Waals surface area contributed by atoms with Crippen LogP contribution in [0.15, 0.2) is 24.3 Å². The van der Waals surface area contributed by atoms with Crippen LogP contribution in [0.5, 0.6) is 0 Å². The van der Waals surface area contributed by atoms with Crippen LogP contribution in [0, 0.1) is 0 Å². The summed E-state index contributed by atoms with van der Waals surface area (Å²) in [7, 11) is 1.95. The van der Waals surface area contributed by atoms with Crippen molar-refractivity contribution >= 4 is 0 Å². The topological polar surface area (TPSA) is 30.5 Å². The number of fused-ring (bicyclic) bond motifs is 4. The molecule has 3 atom stereocenters. The third-order valence-corrected chi connectivity index (χ3v) is 3.24. The van der Waals surface area contributed by atoms with Gasteiger partial charge in [0.25, 0.3) is 0 Å². The summed E-state index contributed by atoms with van der Waals surface area (Å²) in [5.74, 6) is 0. The molecule has 0 saturated carbocycles. The van der Waals surface area contributed by atoms with Gasteiger partial charge in [0.2, 0.25) is 0 Å². The van der Waals surface area contributed by atoms with Crippen LogP contribution in [0.25, 0.3) is 0 Å². The van der Waals surface area contributed by atoms with Gasteiger partial charge in [0.05, 0.1) is 12.6 Å². The third kappa shape index (κ3) is 1.47. The maximum absolute atomic E-state index is 5.87. The molecule has 2 heterocycles. The molecule has 0 spiro atoms. The number of rotatable bonds is 1. The second-order valence-corrected chi connectivity index (χ2v) is 4.12. The molecule has 1 aromatic carbocycles. The van der Waals surface area contributed by atoms with Gasteiger partial charge in [-0.2, -0.15) is 0 Å². The molecule has 15 heavy (non-hydrogen) atoms. The second kappa shape index (κ2) is 3.59. The van der Waals surface area contributed by atoms with Crippen molar-refractivity contribution in [1.29, 1.82) is 0 Å². The molecule has 0 unspecified atom stereocenters. The highest BCUT2D eigenvalue weighted by Gasteiger charge is 2.37. The first-order valence-electron chi connectivity index (χ1n) is 5.40. The molecule has 1 N–H and O–H groups in total. The van der Waals surface area contributed by atoms with Gasteiger partial charge in [-0.05, 0) is 18.2 Å². The van der Waals surface area contributed by atoms with Crippen LogP contribution in [0.2, 0.25) is 0 Å². The monoisotopic (exact) mass is 205 g/mol. The summed E-state index contributed by atoms with van der Waals surface area (Å²) in [6.45, 7) is 0.736.